The van der Waals surface area contributed by atoms with Gasteiger partial charge in [0.15, 0.2) is 5.82 Å². The van der Waals surface area contributed by atoms with Gasteiger partial charge in [-0.2, -0.15) is 0 Å². The van der Waals surface area contributed by atoms with Crippen molar-refractivity contribution in [1.82, 2.24) is 30.3 Å². The first-order valence-electron chi connectivity index (χ1n) is 8.51. The normalized spacial score (nSPS) is 16.4. The molecule has 2 heterocycles. The third-order valence-electron chi connectivity index (χ3n) is 4.07. The SMILES string of the molecule is C[C@H](CN1CCOCC1)NC(=O)NCc1nncn1-c1ccccc1. The van der Waals surface area contributed by atoms with Crippen LogP contribution in [0.2, 0.25) is 0 Å². The third-order valence-corrected chi connectivity index (χ3v) is 4.07. The molecule has 1 aliphatic heterocycles. The summed E-state index contributed by atoms with van der Waals surface area (Å²) in [4.78, 5) is 14.4. The van der Waals surface area contributed by atoms with Gasteiger partial charge < -0.3 is 15.4 Å². The quantitative estimate of drug-likeness (QED) is 0.809. The molecule has 2 amide bonds. The monoisotopic (exact) mass is 344 g/mol. The first-order valence-corrected chi connectivity index (χ1v) is 8.51. The van der Waals surface area contributed by atoms with E-state index in [1.54, 1.807) is 6.33 Å². The molecule has 8 heteroatoms. The Balaban J connectivity index is 1.47. The van der Waals surface area contributed by atoms with Crippen LogP contribution in [0, 0.1) is 0 Å². The summed E-state index contributed by atoms with van der Waals surface area (Å²) < 4.78 is 7.19. The van der Waals surface area contributed by atoms with Crippen molar-refractivity contribution in [3.8, 4) is 5.69 Å². The van der Waals surface area contributed by atoms with E-state index in [2.05, 4.69) is 25.7 Å². The van der Waals surface area contributed by atoms with Crippen molar-refractivity contribution in [1.29, 1.82) is 0 Å². The molecule has 0 bridgehead atoms. The highest BCUT2D eigenvalue weighted by Crippen LogP contribution is 2.08. The first-order chi connectivity index (χ1) is 12.2. The first kappa shape index (κ1) is 17.4. The van der Waals surface area contributed by atoms with E-state index < -0.39 is 0 Å². The topological polar surface area (TPSA) is 84.3 Å². The molecular weight excluding hydrogens is 320 g/mol. The fourth-order valence-corrected chi connectivity index (χ4v) is 2.83. The van der Waals surface area contributed by atoms with Crippen LogP contribution in [0.15, 0.2) is 36.7 Å². The number of nitrogens with zero attached hydrogens (tertiary/aromatic N) is 4. The van der Waals surface area contributed by atoms with Crippen LogP contribution in [-0.4, -0.2) is 64.6 Å². The number of nitrogens with one attached hydrogen (secondary N) is 2. The van der Waals surface area contributed by atoms with Crippen LogP contribution in [0.5, 0.6) is 0 Å². The van der Waals surface area contributed by atoms with Crippen molar-refractivity contribution in [2.45, 2.75) is 19.5 Å². The van der Waals surface area contributed by atoms with Crippen LogP contribution in [0.25, 0.3) is 5.69 Å². The summed E-state index contributed by atoms with van der Waals surface area (Å²) in [6.07, 6.45) is 1.64. The molecule has 25 heavy (non-hydrogen) atoms. The van der Waals surface area contributed by atoms with E-state index >= 15 is 0 Å². The molecule has 0 spiro atoms. The van der Waals surface area contributed by atoms with Crippen molar-refractivity contribution in [3.63, 3.8) is 0 Å². The second-order valence-corrected chi connectivity index (χ2v) is 6.09. The van der Waals surface area contributed by atoms with E-state index in [1.807, 2.05) is 41.8 Å². The number of carbonyl (C=O) groups is 1. The smallest absolute Gasteiger partial charge is 0.315 e. The number of morpholine rings is 1. The Morgan fingerprint density at radius 1 is 1.28 bits per heavy atom. The Bertz CT molecular complexity index is 669. The third kappa shape index (κ3) is 5.01. The molecule has 2 N–H and O–H groups in total. The lowest BCUT2D eigenvalue weighted by Crippen LogP contribution is -2.48. The fourth-order valence-electron chi connectivity index (χ4n) is 2.83. The number of hydrogen-bond donors (Lipinski definition) is 2. The highest BCUT2D eigenvalue weighted by Gasteiger charge is 2.15. The van der Waals surface area contributed by atoms with Gasteiger partial charge in [-0.3, -0.25) is 9.47 Å². The summed E-state index contributed by atoms with van der Waals surface area (Å²) in [7, 11) is 0. The number of ether oxygens (including phenoxy) is 1. The number of hydrogen-bond acceptors (Lipinski definition) is 5. The second-order valence-electron chi connectivity index (χ2n) is 6.09. The number of urea groups is 1. The van der Waals surface area contributed by atoms with Crippen LogP contribution < -0.4 is 10.6 Å². The fraction of sp³-hybridized carbons (Fsp3) is 0.471. The minimum atomic E-state index is -0.205. The average Bonchev–Trinajstić information content (AvgIpc) is 3.10. The molecule has 3 rings (SSSR count). The predicted octanol–water partition coefficient (Wildman–Crippen LogP) is 0.787. The standard InChI is InChI=1S/C17H24N6O2/c1-14(12-22-7-9-25-10-8-22)20-17(24)18-11-16-21-19-13-23(16)15-5-3-2-4-6-15/h2-6,13-14H,7-12H2,1H3,(H2,18,20,24)/t14-/m1/s1. The lowest BCUT2D eigenvalue weighted by atomic mass is 10.3. The summed E-state index contributed by atoms with van der Waals surface area (Å²) in [6.45, 7) is 6.47. The van der Waals surface area contributed by atoms with E-state index in [4.69, 9.17) is 4.74 Å². The molecule has 1 aromatic carbocycles. The van der Waals surface area contributed by atoms with Gasteiger partial charge in [0, 0.05) is 31.4 Å². The Labute approximate surface area is 147 Å². The number of rotatable bonds is 6. The molecule has 0 unspecified atom stereocenters. The average molecular weight is 344 g/mol. The minimum Gasteiger partial charge on any atom is -0.379 e. The van der Waals surface area contributed by atoms with Crippen molar-refractivity contribution >= 4 is 6.03 Å². The van der Waals surface area contributed by atoms with Gasteiger partial charge in [0.1, 0.15) is 6.33 Å². The summed E-state index contributed by atoms with van der Waals surface area (Å²) in [5, 5.41) is 13.8. The molecule has 1 fully saturated rings. The molecule has 0 aliphatic carbocycles. The Kier molecular flexibility index (Phi) is 5.97. The van der Waals surface area contributed by atoms with Crippen LogP contribution in [0.1, 0.15) is 12.7 Å². The van der Waals surface area contributed by atoms with Crippen LogP contribution >= 0.6 is 0 Å². The molecule has 1 aliphatic rings. The highest BCUT2D eigenvalue weighted by atomic mass is 16.5. The van der Waals surface area contributed by atoms with Gasteiger partial charge in [-0.05, 0) is 19.1 Å². The van der Waals surface area contributed by atoms with Crippen molar-refractivity contribution in [3.05, 3.63) is 42.5 Å². The van der Waals surface area contributed by atoms with Gasteiger partial charge in [-0.1, -0.05) is 18.2 Å². The summed E-state index contributed by atoms with van der Waals surface area (Å²) >= 11 is 0. The van der Waals surface area contributed by atoms with Crippen LogP contribution in [-0.2, 0) is 11.3 Å². The van der Waals surface area contributed by atoms with Crippen LogP contribution in [0.4, 0.5) is 4.79 Å². The molecular formula is C17H24N6O2. The largest absolute Gasteiger partial charge is 0.379 e. The van der Waals surface area contributed by atoms with E-state index in [1.165, 1.54) is 0 Å². The lowest BCUT2D eigenvalue weighted by Gasteiger charge is -2.29. The Morgan fingerprint density at radius 3 is 2.80 bits per heavy atom. The lowest BCUT2D eigenvalue weighted by molar-refractivity contribution is 0.0349. The predicted molar refractivity (Wildman–Crippen MR) is 93.5 cm³/mol. The van der Waals surface area contributed by atoms with E-state index in [-0.39, 0.29) is 12.1 Å². The number of amides is 2. The van der Waals surface area contributed by atoms with Gasteiger partial charge in [-0.15, -0.1) is 10.2 Å². The van der Waals surface area contributed by atoms with Crippen molar-refractivity contribution in [2.24, 2.45) is 0 Å². The summed E-state index contributed by atoms with van der Waals surface area (Å²) in [5.74, 6) is 0.683. The zero-order valence-electron chi connectivity index (χ0n) is 14.4. The molecule has 0 radical (unpaired) electrons. The molecule has 2 aromatic rings. The van der Waals surface area contributed by atoms with E-state index in [9.17, 15) is 4.79 Å². The van der Waals surface area contributed by atoms with Gasteiger partial charge in [0.2, 0.25) is 0 Å². The van der Waals surface area contributed by atoms with E-state index in [0.717, 1.165) is 38.5 Å². The molecule has 134 valence electrons. The van der Waals surface area contributed by atoms with Crippen molar-refractivity contribution < 1.29 is 9.53 Å². The van der Waals surface area contributed by atoms with Crippen LogP contribution in [0.3, 0.4) is 0 Å². The minimum absolute atomic E-state index is 0.0603. The van der Waals surface area contributed by atoms with Gasteiger partial charge in [0.25, 0.3) is 0 Å². The second kappa shape index (κ2) is 8.59. The number of benzene rings is 1. The van der Waals surface area contributed by atoms with Gasteiger partial charge >= 0.3 is 6.03 Å². The van der Waals surface area contributed by atoms with Gasteiger partial charge in [-0.25, -0.2) is 4.79 Å². The molecule has 1 aromatic heterocycles. The highest BCUT2D eigenvalue weighted by molar-refractivity contribution is 5.74. The zero-order valence-corrected chi connectivity index (χ0v) is 14.4. The number of aromatic nitrogens is 3. The molecule has 1 saturated heterocycles. The molecule has 0 saturated carbocycles. The number of carbonyl (C=O) groups excluding carboxylic acids is 1. The van der Waals surface area contributed by atoms with Gasteiger partial charge in [0.05, 0.1) is 19.8 Å². The summed E-state index contributed by atoms with van der Waals surface area (Å²) in [5.41, 5.74) is 0.963. The maximum atomic E-state index is 12.1. The Hall–Kier alpha value is -2.45. The molecule has 8 nitrogen and oxygen atoms in total. The zero-order chi connectivity index (χ0) is 17.5. The Morgan fingerprint density at radius 2 is 2.04 bits per heavy atom. The van der Waals surface area contributed by atoms with Crippen molar-refractivity contribution in [2.75, 3.05) is 32.8 Å². The van der Waals surface area contributed by atoms with E-state index in [0.29, 0.717) is 12.4 Å². The number of para-hydroxylation sites is 1. The summed E-state index contributed by atoms with van der Waals surface area (Å²) in [6, 6.07) is 9.65. The maximum Gasteiger partial charge on any atom is 0.315 e. The molecule has 1 atom stereocenters. The maximum absolute atomic E-state index is 12.1.